The molecule has 0 aromatic heterocycles. The van der Waals surface area contributed by atoms with E-state index in [4.69, 9.17) is 5.11 Å². The first-order valence-corrected chi connectivity index (χ1v) is 8.48. The van der Waals surface area contributed by atoms with Crippen LogP contribution in [0.2, 0.25) is 0 Å². The van der Waals surface area contributed by atoms with E-state index in [1.165, 1.54) is 25.1 Å². The number of carboxylic acid groups (broad SMARTS) is 1. The lowest BCUT2D eigenvalue weighted by atomic mass is 10.1. The molecule has 0 aromatic carbocycles. The van der Waals surface area contributed by atoms with Gasteiger partial charge in [0.1, 0.15) is 0 Å². The predicted molar refractivity (Wildman–Crippen MR) is 82.0 cm³/mol. The van der Waals surface area contributed by atoms with Crippen molar-refractivity contribution in [3.8, 4) is 0 Å². The largest absolute Gasteiger partial charge is 0.481 e. The molecule has 0 aliphatic carbocycles. The molecule has 0 radical (unpaired) electrons. The normalized spacial score (nSPS) is 20.9. The van der Waals surface area contributed by atoms with Crippen molar-refractivity contribution in [3.63, 3.8) is 0 Å². The summed E-state index contributed by atoms with van der Waals surface area (Å²) in [5.74, 6) is 0.510. The highest BCUT2D eigenvalue weighted by Crippen LogP contribution is 2.22. The Kier molecular flexibility index (Phi) is 8.50. The van der Waals surface area contributed by atoms with Crippen LogP contribution in [-0.4, -0.2) is 71.1 Å². The van der Waals surface area contributed by atoms with Crippen molar-refractivity contribution in [3.05, 3.63) is 0 Å². The molecule has 112 valence electrons. The zero-order chi connectivity index (χ0) is 14.1. The Morgan fingerprint density at radius 3 is 2.79 bits per heavy atom. The Bertz CT molecular complexity index is 260. The first-order valence-electron chi connectivity index (χ1n) is 7.43. The average Bonchev–Trinajstić information content (AvgIpc) is 2.42. The third kappa shape index (κ3) is 7.18. The maximum atomic E-state index is 10.6. The minimum atomic E-state index is -0.684. The summed E-state index contributed by atoms with van der Waals surface area (Å²) in [6, 6.07) is 0. The summed E-state index contributed by atoms with van der Waals surface area (Å²) < 4.78 is 0. The number of aliphatic carboxylic acids is 1. The standard InChI is InChI=1S/C14H28N2O2S/c1-3-15(4-2)10-11-19-13-6-5-8-16(12-13)9-7-14(17)18/h13H,3-12H2,1-2H3,(H,17,18). The summed E-state index contributed by atoms with van der Waals surface area (Å²) >= 11 is 2.06. The SMILES string of the molecule is CCN(CC)CCSC1CCCN(CCC(=O)O)C1. The van der Waals surface area contributed by atoms with Crippen LogP contribution >= 0.6 is 11.8 Å². The van der Waals surface area contributed by atoms with Crippen LogP contribution in [0.5, 0.6) is 0 Å². The number of nitrogens with zero attached hydrogens (tertiary/aromatic N) is 2. The highest BCUT2D eigenvalue weighted by Gasteiger charge is 2.20. The molecule has 1 saturated heterocycles. The molecule has 0 aromatic rings. The number of carbonyl (C=O) groups is 1. The molecule has 5 heteroatoms. The van der Waals surface area contributed by atoms with Crippen LogP contribution in [0.4, 0.5) is 0 Å². The highest BCUT2D eigenvalue weighted by molar-refractivity contribution is 7.99. The molecule has 1 aliphatic heterocycles. The van der Waals surface area contributed by atoms with Crippen LogP contribution in [0.3, 0.4) is 0 Å². The molecule has 1 N–H and O–H groups in total. The molecule has 19 heavy (non-hydrogen) atoms. The van der Waals surface area contributed by atoms with E-state index >= 15 is 0 Å². The zero-order valence-electron chi connectivity index (χ0n) is 12.3. The number of hydrogen-bond donors (Lipinski definition) is 1. The number of likely N-dealkylation sites (tertiary alicyclic amines) is 1. The second-order valence-corrected chi connectivity index (χ2v) is 6.51. The van der Waals surface area contributed by atoms with Crippen LogP contribution in [-0.2, 0) is 4.79 Å². The molecule has 4 nitrogen and oxygen atoms in total. The van der Waals surface area contributed by atoms with E-state index in [1.807, 2.05) is 0 Å². The Hall–Kier alpha value is -0.260. The first kappa shape index (κ1) is 16.8. The van der Waals surface area contributed by atoms with E-state index < -0.39 is 5.97 Å². The van der Waals surface area contributed by atoms with E-state index in [1.54, 1.807) is 0 Å². The molecule has 0 bridgehead atoms. The summed E-state index contributed by atoms with van der Waals surface area (Å²) in [5, 5.41) is 9.42. The molecule has 0 amide bonds. The van der Waals surface area contributed by atoms with E-state index in [0.717, 1.165) is 26.2 Å². The fraction of sp³-hybridized carbons (Fsp3) is 0.929. The summed E-state index contributed by atoms with van der Waals surface area (Å²) in [7, 11) is 0. The Morgan fingerprint density at radius 1 is 1.42 bits per heavy atom. The molecule has 1 atom stereocenters. The van der Waals surface area contributed by atoms with Gasteiger partial charge < -0.3 is 14.9 Å². The molecule has 0 saturated carbocycles. The van der Waals surface area contributed by atoms with Crippen LogP contribution < -0.4 is 0 Å². The third-order valence-electron chi connectivity index (χ3n) is 3.76. The molecule has 1 rings (SSSR count). The highest BCUT2D eigenvalue weighted by atomic mass is 32.2. The van der Waals surface area contributed by atoms with E-state index in [2.05, 4.69) is 35.4 Å². The lowest BCUT2D eigenvalue weighted by Crippen LogP contribution is -2.38. The van der Waals surface area contributed by atoms with Crippen LogP contribution in [0, 0.1) is 0 Å². The first-order chi connectivity index (χ1) is 9.15. The number of piperidine rings is 1. The van der Waals surface area contributed by atoms with Gasteiger partial charge in [-0.3, -0.25) is 4.79 Å². The van der Waals surface area contributed by atoms with Crippen molar-refractivity contribution in [1.29, 1.82) is 0 Å². The lowest BCUT2D eigenvalue weighted by molar-refractivity contribution is -0.137. The topological polar surface area (TPSA) is 43.8 Å². The fourth-order valence-corrected chi connectivity index (χ4v) is 3.84. The van der Waals surface area contributed by atoms with Gasteiger partial charge in [0.25, 0.3) is 0 Å². The maximum absolute atomic E-state index is 10.6. The van der Waals surface area contributed by atoms with Gasteiger partial charge in [-0.1, -0.05) is 13.8 Å². The Morgan fingerprint density at radius 2 is 2.16 bits per heavy atom. The summed E-state index contributed by atoms with van der Waals surface area (Å²) in [6.07, 6.45) is 2.77. The molecule has 1 unspecified atom stereocenters. The van der Waals surface area contributed by atoms with Crippen molar-refractivity contribution >= 4 is 17.7 Å². The molecule has 1 aliphatic rings. The minimum absolute atomic E-state index is 0.275. The summed E-state index contributed by atoms with van der Waals surface area (Å²) in [6.45, 7) is 10.7. The number of rotatable bonds is 9. The maximum Gasteiger partial charge on any atom is 0.304 e. The van der Waals surface area contributed by atoms with E-state index in [9.17, 15) is 4.79 Å². The minimum Gasteiger partial charge on any atom is -0.481 e. The van der Waals surface area contributed by atoms with Gasteiger partial charge in [-0.2, -0.15) is 11.8 Å². The van der Waals surface area contributed by atoms with Crippen molar-refractivity contribution in [1.82, 2.24) is 9.80 Å². The van der Waals surface area contributed by atoms with Crippen LogP contribution in [0.25, 0.3) is 0 Å². The van der Waals surface area contributed by atoms with Gasteiger partial charge in [-0.05, 0) is 32.5 Å². The predicted octanol–water partition coefficient (Wildman–Crippen LogP) is 2.00. The fourth-order valence-electron chi connectivity index (χ4n) is 2.49. The molecular weight excluding hydrogens is 260 g/mol. The molecule has 0 spiro atoms. The third-order valence-corrected chi connectivity index (χ3v) is 5.03. The zero-order valence-corrected chi connectivity index (χ0v) is 13.1. The quantitative estimate of drug-likeness (QED) is 0.703. The molecule has 1 heterocycles. The molecule has 1 fully saturated rings. The van der Waals surface area contributed by atoms with Crippen LogP contribution in [0.1, 0.15) is 33.1 Å². The monoisotopic (exact) mass is 288 g/mol. The van der Waals surface area contributed by atoms with Crippen LogP contribution in [0.15, 0.2) is 0 Å². The smallest absolute Gasteiger partial charge is 0.304 e. The van der Waals surface area contributed by atoms with Crippen molar-refractivity contribution in [2.45, 2.75) is 38.4 Å². The number of thioether (sulfide) groups is 1. The van der Waals surface area contributed by atoms with Crippen molar-refractivity contribution < 1.29 is 9.90 Å². The second kappa shape index (κ2) is 9.61. The average molecular weight is 288 g/mol. The van der Waals surface area contributed by atoms with E-state index in [0.29, 0.717) is 11.8 Å². The van der Waals surface area contributed by atoms with Crippen molar-refractivity contribution in [2.75, 3.05) is 45.0 Å². The van der Waals surface area contributed by atoms with Gasteiger partial charge in [-0.25, -0.2) is 0 Å². The summed E-state index contributed by atoms with van der Waals surface area (Å²) in [4.78, 5) is 15.4. The van der Waals surface area contributed by atoms with Crippen molar-refractivity contribution in [2.24, 2.45) is 0 Å². The number of carboxylic acids is 1. The Balaban J connectivity index is 2.17. The van der Waals surface area contributed by atoms with Gasteiger partial charge in [0.15, 0.2) is 0 Å². The van der Waals surface area contributed by atoms with Gasteiger partial charge in [-0.15, -0.1) is 0 Å². The van der Waals surface area contributed by atoms with Gasteiger partial charge >= 0.3 is 5.97 Å². The van der Waals surface area contributed by atoms with Gasteiger partial charge in [0.2, 0.25) is 0 Å². The van der Waals surface area contributed by atoms with Gasteiger partial charge in [0.05, 0.1) is 6.42 Å². The molecular formula is C14H28N2O2S. The lowest BCUT2D eigenvalue weighted by Gasteiger charge is -2.32. The second-order valence-electron chi connectivity index (χ2n) is 5.11. The Labute approximate surface area is 121 Å². The van der Waals surface area contributed by atoms with E-state index in [-0.39, 0.29) is 6.42 Å². The van der Waals surface area contributed by atoms with Gasteiger partial charge in [0, 0.05) is 30.6 Å². The summed E-state index contributed by atoms with van der Waals surface area (Å²) in [5.41, 5.74) is 0. The number of hydrogen-bond acceptors (Lipinski definition) is 4.